The number of carbonyl (C=O) groups excluding carboxylic acids is 1. The van der Waals surface area contributed by atoms with Crippen LogP contribution in [0.4, 0.5) is 0 Å². The van der Waals surface area contributed by atoms with Crippen LogP contribution in [0.25, 0.3) is 0 Å². The van der Waals surface area contributed by atoms with E-state index in [0.29, 0.717) is 12.6 Å². The fraction of sp³-hybridized carbons (Fsp3) is 0.875. The van der Waals surface area contributed by atoms with Crippen LogP contribution >= 0.6 is 0 Å². The normalized spacial score (nSPS) is 10.3. The molecular formula is C8H18N2O. The van der Waals surface area contributed by atoms with Gasteiger partial charge < -0.3 is 10.2 Å². The van der Waals surface area contributed by atoms with E-state index in [1.54, 1.807) is 7.05 Å². The summed E-state index contributed by atoms with van der Waals surface area (Å²) in [5.41, 5.74) is 0. The third-order valence-corrected chi connectivity index (χ3v) is 1.61. The molecule has 0 rings (SSSR count). The fourth-order valence-electron chi connectivity index (χ4n) is 1.08. The van der Waals surface area contributed by atoms with Crippen molar-refractivity contribution >= 4 is 5.91 Å². The summed E-state index contributed by atoms with van der Waals surface area (Å²) in [5.74, 6) is 0.171. The number of amides is 1. The molecule has 0 saturated heterocycles. The Morgan fingerprint density at radius 2 is 2.09 bits per heavy atom. The van der Waals surface area contributed by atoms with Gasteiger partial charge in [-0.2, -0.15) is 0 Å². The van der Waals surface area contributed by atoms with Crippen LogP contribution in [-0.2, 0) is 4.79 Å². The van der Waals surface area contributed by atoms with Crippen molar-refractivity contribution in [2.45, 2.75) is 26.8 Å². The molecule has 3 heteroatoms. The summed E-state index contributed by atoms with van der Waals surface area (Å²) in [6, 6.07) is 0.306. The molecule has 0 aromatic rings. The van der Waals surface area contributed by atoms with E-state index in [1.807, 2.05) is 25.7 Å². The summed E-state index contributed by atoms with van der Waals surface area (Å²) in [6.45, 7) is 7.27. The molecule has 0 bridgehead atoms. The molecule has 66 valence electrons. The maximum absolute atomic E-state index is 11.3. The maximum Gasteiger partial charge on any atom is 0.236 e. The van der Waals surface area contributed by atoms with Gasteiger partial charge in [0.25, 0.3) is 0 Å². The number of rotatable bonds is 4. The molecule has 0 aliphatic heterocycles. The Balaban J connectivity index is 3.92. The van der Waals surface area contributed by atoms with Gasteiger partial charge in [-0.15, -0.1) is 0 Å². The Labute approximate surface area is 68.8 Å². The fourth-order valence-corrected chi connectivity index (χ4v) is 1.08. The summed E-state index contributed by atoms with van der Waals surface area (Å²) in [4.78, 5) is 13.1. The minimum atomic E-state index is 0.171. The highest BCUT2D eigenvalue weighted by molar-refractivity contribution is 5.78. The Morgan fingerprint density at radius 1 is 1.55 bits per heavy atom. The number of hydrogen-bond acceptors (Lipinski definition) is 2. The second-order valence-corrected chi connectivity index (χ2v) is 2.80. The number of hydrogen-bond donors (Lipinski definition) is 1. The molecule has 3 nitrogen and oxygen atoms in total. The first kappa shape index (κ1) is 10.4. The lowest BCUT2D eigenvalue weighted by Crippen LogP contribution is -2.41. The predicted octanol–water partition coefficient (Wildman–Crippen LogP) is 0.463. The molecule has 0 radical (unpaired) electrons. The highest BCUT2D eigenvalue weighted by Crippen LogP contribution is 1.96. The lowest BCUT2D eigenvalue weighted by Gasteiger charge is -2.24. The zero-order valence-electron chi connectivity index (χ0n) is 7.85. The van der Waals surface area contributed by atoms with Crippen molar-refractivity contribution in [2.75, 3.05) is 20.1 Å². The molecular weight excluding hydrogens is 140 g/mol. The topological polar surface area (TPSA) is 32.3 Å². The molecule has 1 amide bonds. The third-order valence-electron chi connectivity index (χ3n) is 1.61. The summed E-state index contributed by atoms with van der Waals surface area (Å²) in [7, 11) is 1.78. The molecule has 0 aromatic heterocycles. The summed E-state index contributed by atoms with van der Waals surface area (Å²) in [6.07, 6.45) is 0. The zero-order valence-corrected chi connectivity index (χ0v) is 7.85. The van der Waals surface area contributed by atoms with Crippen molar-refractivity contribution in [1.29, 1.82) is 0 Å². The van der Waals surface area contributed by atoms with Crippen LogP contribution in [-0.4, -0.2) is 37.0 Å². The van der Waals surface area contributed by atoms with Crippen molar-refractivity contribution in [3.63, 3.8) is 0 Å². The van der Waals surface area contributed by atoms with E-state index in [4.69, 9.17) is 0 Å². The van der Waals surface area contributed by atoms with E-state index >= 15 is 0 Å². The van der Waals surface area contributed by atoms with Crippen LogP contribution in [0.5, 0.6) is 0 Å². The summed E-state index contributed by atoms with van der Waals surface area (Å²) in [5, 5.41) is 2.85. The third kappa shape index (κ3) is 3.37. The van der Waals surface area contributed by atoms with Gasteiger partial charge in [-0.25, -0.2) is 0 Å². The van der Waals surface area contributed by atoms with Gasteiger partial charge in [-0.05, 0) is 27.8 Å². The second kappa shape index (κ2) is 5.13. The van der Waals surface area contributed by atoms with E-state index in [-0.39, 0.29) is 5.91 Å². The molecule has 0 atom stereocenters. The van der Waals surface area contributed by atoms with Gasteiger partial charge in [0.05, 0.1) is 6.54 Å². The Morgan fingerprint density at radius 3 is 2.36 bits per heavy atom. The number of likely N-dealkylation sites (N-methyl/N-ethyl adjacent to an activating group) is 2. The van der Waals surface area contributed by atoms with Crippen molar-refractivity contribution in [3.05, 3.63) is 0 Å². The minimum Gasteiger partial charge on any atom is -0.339 e. The zero-order chi connectivity index (χ0) is 8.85. The minimum absolute atomic E-state index is 0.171. The highest BCUT2D eigenvalue weighted by Gasteiger charge is 2.12. The molecule has 0 fully saturated rings. The molecule has 0 heterocycles. The number of nitrogens with zero attached hydrogens (tertiary/aromatic N) is 1. The Bertz CT molecular complexity index is 123. The first-order valence-electron chi connectivity index (χ1n) is 4.07. The number of nitrogens with one attached hydrogen (secondary N) is 1. The quantitative estimate of drug-likeness (QED) is 0.644. The van der Waals surface area contributed by atoms with E-state index in [2.05, 4.69) is 5.32 Å². The van der Waals surface area contributed by atoms with E-state index in [0.717, 1.165) is 6.54 Å². The highest BCUT2D eigenvalue weighted by atomic mass is 16.2. The lowest BCUT2D eigenvalue weighted by molar-refractivity contribution is -0.131. The van der Waals surface area contributed by atoms with Gasteiger partial charge in [0.15, 0.2) is 0 Å². The Hall–Kier alpha value is -0.570. The average molecular weight is 158 g/mol. The van der Waals surface area contributed by atoms with Gasteiger partial charge in [0.1, 0.15) is 0 Å². The molecule has 0 aliphatic rings. The van der Waals surface area contributed by atoms with Crippen LogP contribution < -0.4 is 5.32 Å². The van der Waals surface area contributed by atoms with Crippen molar-refractivity contribution in [1.82, 2.24) is 10.2 Å². The van der Waals surface area contributed by atoms with Gasteiger partial charge in [0, 0.05) is 12.6 Å². The largest absolute Gasteiger partial charge is 0.339 e. The van der Waals surface area contributed by atoms with Crippen LogP contribution in [0.1, 0.15) is 20.8 Å². The van der Waals surface area contributed by atoms with Crippen molar-refractivity contribution < 1.29 is 4.79 Å². The van der Waals surface area contributed by atoms with Crippen LogP contribution in [0, 0.1) is 0 Å². The standard InChI is InChI=1S/C8H18N2O/c1-5-10(7(2)3)8(11)6-9-4/h7,9H,5-6H2,1-4H3. The second-order valence-electron chi connectivity index (χ2n) is 2.80. The lowest BCUT2D eigenvalue weighted by atomic mass is 10.3. The predicted molar refractivity (Wildman–Crippen MR) is 46.4 cm³/mol. The molecule has 11 heavy (non-hydrogen) atoms. The molecule has 0 spiro atoms. The number of carbonyl (C=O) groups is 1. The van der Waals surface area contributed by atoms with Crippen molar-refractivity contribution in [2.24, 2.45) is 0 Å². The van der Waals surface area contributed by atoms with Crippen LogP contribution in [0.2, 0.25) is 0 Å². The molecule has 0 unspecified atom stereocenters. The summed E-state index contributed by atoms with van der Waals surface area (Å²) < 4.78 is 0. The van der Waals surface area contributed by atoms with Gasteiger partial charge >= 0.3 is 0 Å². The maximum atomic E-state index is 11.3. The van der Waals surface area contributed by atoms with Crippen molar-refractivity contribution in [3.8, 4) is 0 Å². The smallest absolute Gasteiger partial charge is 0.236 e. The van der Waals surface area contributed by atoms with Gasteiger partial charge in [0.2, 0.25) is 5.91 Å². The molecule has 0 aromatic carbocycles. The van der Waals surface area contributed by atoms with Gasteiger partial charge in [-0.1, -0.05) is 0 Å². The van der Waals surface area contributed by atoms with Crippen LogP contribution in [0.15, 0.2) is 0 Å². The van der Waals surface area contributed by atoms with Crippen LogP contribution in [0.3, 0.4) is 0 Å². The van der Waals surface area contributed by atoms with E-state index in [1.165, 1.54) is 0 Å². The first-order chi connectivity index (χ1) is 5.13. The SMILES string of the molecule is CCN(C(=O)CNC)C(C)C. The molecule has 1 N–H and O–H groups in total. The van der Waals surface area contributed by atoms with Gasteiger partial charge in [-0.3, -0.25) is 4.79 Å². The average Bonchev–Trinajstić information content (AvgIpc) is 1.88. The summed E-state index contributed by atoms with van der Waals surface area (Å²) >= 11 is 0. The Kier molecular flexibility index (Phi) is 4.86. The molecule has 0 aliphatic carbocycles. The van der Waals surface area contributed by atoms with E-state index in [9.17, 15) is 4.79 Å². The molecule has 0 saturated carbocycles. The monoisotopic (exact) mass is 158 g/mol. The first-order valence-corrected chi connectivity index (χ1v) is 4.07. The van der Waals surface area contributed by atoms with E-state index < -0.39 is 0 Å².